The maximum atomic E-state index is 11.4. The highest BCUT2D eigenvalue weighted by molar-refractivity contribution is 14.1. The van der Waals surface area contributed by atoms with Gasteiger partial charge in [0.05, 0.1) is 18.4 Å². The molecule has 0 unspecified atom stereocenters. The van der Waals surface area contributed by atoms with Crippen LogP contribution in [0.4, 0.5) is 11.5 Å². The Hall–Kier alpha value is -1.63. The first-order valence-corrected chi connectivity index (χ1v) is 6.34. The number of ether oxygens (including phenoxy) is 1. The van der Waals surface area contributed by atoms with E-state index in [0.717, 1.165) is 9.26 Å². The van der Waals surface area contributed by atoms with Crippen molar-refractivity contribution in [1.29, 1.82) is 0 Å². The van der Waals surface area contributed by atoms with E-state index in [2.05, 4.69) is 37.6 Å². The van der Waals surface area contributed by atoms with E-state index in [1.165, 1.54) is 7.11 Å². The summed E-state index contributed by atoms with van der Waals surface area (Å²) >= 11 is 2.23. The summed E-state index contributed by atoms with van der Waals surface area (Å²) < 4.78 is 5.75. The topological polar surface area (TPSA) is 51.2 Å². The summed E-state index contributed by atoms with van der Waals surface area (Å²) in [5.74, 6) is 0.241. The van der Waals surface area contributed by atoms with Crippen molar-refractivity contribution >= 4 is 40.1 Å². The van der Waals surface area contributed by atoms with Crippen LogP contribution in [-0.4, -0.2) is 18.1 Å². The number of carbonyl (C=O) groups excluding carboxylic acids is 1. The number of hydrogen-bond acceptors (Lipinski definition) is 4. The molecule has 1 heterocycles. The summed E-state index contributed by atoms with van der Waals surface area (Å²) in [6.07, 6.45) is 1.57. The third-order valence-electron chi connectivity index (χ3n) is 2.32. The van der Waals surface area contributed by atoms with E-state index in [1.54, 1.807) is 18.3 Å². The van der Waals surface area contributed by atoms with Crippen molar-refractivity contribution in [3.63, 3.8) is 0 Å². The van der Waals surface area contributed by atoms with Crippen LogP contribution in [0.3, 0.4) is 0 Å². The van der Waals surface area contributed by atoms with Gasteiger partial charge in [0.1, 0.15) is 5.82 Å². The van der Waals surface area contributed by atoms with Gasteiger partial charge in [0.25, 0.3) is 0 Å². The number of esters is 1. The quantitative estimate of drug-likeness (QED) is 0.679. The van der Waals surface area contributed by atoms with Crippen molar-refractivity contribution in [1.82, 2.24) is 4.98 Å². The molecule has 0 amide bonds. The summed E-state index contributed by atoms with van der Waals surface area (Å²) in [6, 6.07) is 11.1. The maximum absolute atomic E-state index is 11.4. The second kappa shape index (κ2) is 5.81. The highest BCUT2D eigenvalue weighted by atomic mass is 127. The molecule has 0 aliphatic heterocycles. The van der Waals surface area contributed by atoms with Gasteiger partial charge in [-0.3, -0.25) is 0 Å². The number of aromatic nitrogens is 1. The van der Waals surface area contributed by atoms with Gasteiger partial charge in [-0.1, -0.05) is 12.1 Å². The van der Waals surface area contributed by atoms with Gasteiger partial charge in [-0.05, 0) is 46.9 Å². The van der Waals surface area contributed by atoms with E-state index in [9.17, 15) is 4.79 Å². The molecule has 0 radical (unpaired) electrons. The number of nitrogens with zero attached hydrogens (tertiary/aromatic N) is 1. The maximum Gasteiger partial charge on any atom is 0.338 e. The van der Waals surface area contributed by atoms with Crippen LogP contribution in [0.5, 0.6) is 0 Å². The second-order valence-electron chi connectivity index (χ2n) is 3.53. The van der Waals surface area contributed by atoms with Crippen molar-refractivity contribution in [2.75, 3.05) is 12.4 Å². The van der Waals surface area contributed by atoms with Crippen LogP contribution >= 0.6 is 22.6 Å². The number of para-hydroxylation sites is 1. The first-order chi connectivity index (χ1) is 8.70. The fourth-order valence-electron chi connectivity index (χ4n) is 1.44. The zero-order valence-corrected chi connectivity index (χ0v) is 11.8. The van der Waals surface area contributed by atoms with Gasteiger partial charge in [-0.25, -0.2) is 9.78 Å². The first-order valence-electron chi connectivity index (χ1n) is 5.26. The van der Waals surface area contributed by atoms with E-state index in [0.29, 0.717) is 11.4 Å². The molecular weight excluding hydrogens is 343 g/mol. The van der Waals surface area contributed by atoms with Crippen LogP contribution in [0.1, 0.15) is 10.4 Å². The van der Waals surface area contributed by atoms with Crippen molar-refractivity contribution in [3.05, 3.63) is 51.7 Å². The molecule has 18 heavy (non-hydrogen) atoms. The van der Waals surface area contributed by atoms with Gasteiger partial charge >= 0.3 is 5.97 Å². The van der Waals surface area contributed by atoms with Crippen LogP contribution in [0, 0.1) is 3.57 Å². The number of carbonyl (C=O) groups is 1. The summed E-state index contributed by atoms with van der Waals surface area (Å²) in [7, 11) is 1.36. The van der Waals surface area contributed by atoms with Gasteiger partial charge in [0.15, 0.2) is 0 Å². The molecule has 5 heteroatoms. The lowest BCUT2D eigenvalue weighted by Crippen LogP contribution is -2.03. The van der Waals surface area contributed by atoms with Crippen molar-refractivity contribution in [2.24, 2.45) is 0 Å². The molecule has 92 valence electrons. The lowest BCUT2D eigenvalue weighted by molar-refractivity contribution is 0.0600. The standard InChI is InChI=1S/C13H11IN2O2/c1-18-13(17)9-6-7-15-12(8-9)16-11-5-3-2-4-10(11)14/h2-8H,1H3,(H,15,16). The van der Waals surface area contributed by atoms with Crippen LogP contribution < -0.4 is 5.32 Å². The largest absolute Gasteiger partial charge is 0.465 e. The molecule has 0 spiro atoms. The molecule has 4 nitrogen and oxygen atoms in total. The number of hydrogen-bond donors (Lipinski definition) is 1. The van der Waals surface area contributed by atoms with Gasteiger partial charge in [0.2, 0.25) is 0 Å². The van der Waals surface area contributed by atoms with E-state index in [1.807, 2.05) is 24.3 Å². The highest BCUT2D eigenvalue weighted by Gasteiger charge is 2.07. The zero-order chi connectivity index (χ0) is 13.0. The summed E-state index contributed by atoms with van der Waals surface area (Å²) in [5.41, 5.74) is 1.42. The molecule has 1 aromatic heterocycles. The Balaban J connectivity index is 2.25. The molecule has 0 fully saturated rings. The van der Waals surface area contributed by atoms with E-state index in [-0.39, 0.29) is 5.97 Å². The van der Waals surface area contributed by atoms with Crippen molar-refractivity contribution in [3.8, 4) is 0 Å². The first kappa shape index (κ1) is 12.8. The number of nitrogens with one attached hydrogen (secondary N) is 1. The number of pyridine rings is 1. The van der Waals surface area contributed by atoms with E-state index < -0.39 is 0 Å². The molecule has 0 atom stereocenters. The summed E-state index contributed by atoms with van der Waals surface area (Å²) in [6.45, 7) is 0. The van der Waals surface area contributed by atoms with Gasteiger partial charge < -0.3 is 10.1 Å². The summed E-state index contributed by atoms with van der Waals surface area (Å²) in [5, 5.41) is 3.17. The zero-order valence-electron chi connectivity index (χ0n) is 9.68. The fraction of sp³-hybridized carbons (Fsp3) is 0.0769. The Kier molecular flexibility index (Phi) is 4.14. The molecule has 0 bridgehead atoms. The van der Waals surface area contributed by atoms with Crippen LogP contribution in [0.25, 0.3) is 0 Å². The lowest BCUT2D eigenvalue weighted by Gasteiger charge is -2.08. The molecular formula is C13H11IN2O2. The smallest absolute Gasteiger partial charge is 0.338 e. The lowest BCUT2D eigenvalue weighted by atomic mass is 10.2. The van der Waals surface area contributed by atoms with Gasteiger partial charge in [0, 0.05) is 9.77 Å². The minimum absolute atomic E-state index is 0.372. The predicted octanol–water partition coefficient (Wildman–Crippen LogP) is 3.22. The Morgan fingerprint density at radius 1 is 1.33 bits per heavy atom. The van der Waals surface area contributed by atoms with Crippen molar-refractivity contribution in [2.45, 2.75) is 0 Å². The number of methoxy groups -OCH3 is 1. The minimum Gasteiger partial charge on any atom is -0.465 e. The van der Waals surface area contributed by atoms with Crippen LogP contribution in [0.2, 0.25) is 0 Å². The molecule has 0 aliphatic rings. The normalized spacial score (nSPS) is 9.89. The van der Waals surface area contributed by atoms with E-state index in [4.69, 9.17) is 0 Å². The molecule has 2 aromatic rings. The average molecular weight is 354 g/mol. The van der Waals surface area contributed by atoms with E-state index >= 15 is 0 Å². The number of rotatable bonds is 3. The Labute approximate surface area is 119 Å². The minimum atomic E-state index is -0.372. The number of anilines is 2. The summed E-state index contributed by atoms with van der Waals surface area (Å²) in [4.78, 5) is 15.6. The molecule has 0 aliphatic carbocycles. The average Bonchev–Trinajstić information content (AvgIpc) is 2.41. The van der Waals surface area contributed by atoms with Crippen LogP contribution in [0.15, 0.2) is 42.6 Å². The molecule has 2 rings (SSSR count). The monoisotopic (exact) mass is 354 g/mol. The van der Waals surface area contributed by atoms with Gasteiger partial charge in [-0.15, -0.1) is 0 Å². The second-order valence-corrected chi connectivity index (χ2v) is 4.69. The SMILES string of the molecule is COC(=O)c1ccnc(Nc2ccccc2I)c1. The molecule has 0 saturated carbocycles. The fourth-order valence-corrected chi connectivity index (χ4v) is 1.97. The molecule has 0 saturated heterocycles. The number of benzene rings is 1. The van der Waals surface area contributed by atoms with Crippen molar-refractivity contribution < 1.29 is 9.53 Å². The highest BCUT2D eigenvalue weighted by Crippen LogP contribution is 2.21. The Morgan fingerprint density at radius 3 is 2.83 bits per heavy atom. The van der Waals surface area contributed by atoms with Crippen LogP contribution in [-0.2, 0) is 4.74 Å². The molecule has 1 aromatic carbocycles. The number of halogens is 1. The predicted molar refractivity (Wildman–Crippen MR) is 78.0 cm³/mol. The third-order valence-corrected chi connectivity index (χ3v) is 3.26. The Bertz CT molecular complexity index is 572. The Morgan fingerprint density at radius 2 is 2.11 bits per heavy atom. The van der Waals surface area contributed by atoms with Gasteiger partial charge in [-0.2, -0.15) is 0 Å². The molecule has 1 N–H and O–H groups in total. The third kappa shape index (κ3) is 2.98.